The molecule has 0 fully saturated rings. The molecule has 1 rings (SSSR count). The van der Waals surface area contributed by atoms with Crippen LogP contribution < -0.4 is 5.73 Å². The molecule has 0 saturated carbocycles. The molecular formula is C8H8INO2. The van der Waals surface area contributed by atoms with Gasteiger partial charge in [0.1, 0.15) is 5.75 Å². The molecule has 1 amide bonds. The Bertz CT molecular complexity index is 312. The summed E-state index contributed by atoms with van der Waals surface area (Å²) in [6.07, 6.45) is 0.0861. The number of aromatic hydroxyl groups is 1. The van der Waals surface area contributed by atoms with Crippen molar-refractivity contribution in [2.24, 2.45) is 5.73 Å². The van der Waals surface area contributed by atoms with E-state index >= 15 is 0 Å². The molecular weight excluding hydrogens is 269 g/mol. The van der Waals surface area contributed by atoms with Crippen molar-refractivity contribution < 1.29 is 9.90 Å². The first kappa shape index (κ1) is 9.31. The lowest BCUT2D eigenvalue weighted by molar-refractivity contribution is -0.117. The monoisotopic (exact) mass is 277 g/mol. The highest BCUT2D eigenvalue weighted by molar-refractivity contribution is 14.1. The van der Waals surface area contributed by atoms with E-state index in [9.17, 15) is 9.90 Å². The van der Waals surface area contributed by atoms with Crippen molar-refractivity contribution in [2.45, 2.75) is 6.42 Å². The van der Waals surface area contributed by atoms with Gasteiger partial charge in [-0.25, -0.2) is 0 Å². The Morgan fingerprint density at radius 1 is 1.58 bits per heavy atom. The molecule has 0 bridgehead atoms. The number of phenols is 1. The first-order valence-electron chi connectivity index (χ1n) is 3.35. The van der Waals surface area contributed by atoms with Crippen LogP contribution in [-0.2, 0) is 11.2 Å². The zero-order chi connectivity index (χ0) is 9.14. The van der Waals surface area contributed by atoms with Crippen molar-refractivity contribution in [2.75, 3.05) is 0 Å². The molecule has 0 unspecified atom stereocenters. The highest BCUT2D eigenvalue weighted by atomic mass is 127. The van der Waals surface area contributed by atoms with Crippen molar-refractivity contribution in [1.29, 1.82) is 0 Å². The van der Waals surface area contributed by atoms with Crippen LogP contribution in [0.5, 0.6) is 5.75 Å². The van der Waals surface area contributed by atoms with Gasteiger partial charge in [-0.15, -0.1) is 0 Å². The summed E-state index contributed by atoms with van der Waals surface area (Å²) >= 11 is 2.08. The summed E-state index contributed by atoms with van der Waals surface area (Å²) in [5.41, 5.74) is 5.55. The molecule has 3 nitrogen and oxygen atoms in total. The summed E-state index contributed by atoms with van der Waals surface area (Å²) in [4.78, 5) is 10.5. The fourth-order valence-corrected chi connectivity index (χ4v) is 1.35. The van der Waals surface area contributed by atoms with Crippen LogP contribution in [-0.4, -0.2) is 11.0 Å². The second-order valence-electron chi connectivity index (χ2n) is 2.42. The molecule has 0 aliphatic rings. The average Bonchev–Trinajstić information content (AvgIpc) is 1.94. The van der Waals surface area contributed by atoms with E-state index in [0.717, 1.165) is 3.57 Å². The summed E-state index contributed by atoms with van der Waals surface area (Å²) in [6.45, 7) is 0. The Morgan fingerprint density at radius 2 is 2.25 bits per heavy atom. The smallest absolute Gasteiger partial charge is 0.221 e. The van der Waals surface area contributed by atoms with Gasteiger partial charge in [-0.3, -0.25) is 4.79 Å². The maximum atomic E-state index is 10.5. The predicted octanol–water partition coefficient (Wildman–Crippen LogP) is 1.02. The van der Waals surface area contributed by atoms with Crippen LogP contribution in [0.25, 0.3) is 0 Å². The molecule has 0 saturated heterocycles. The molecule has 3 N–H and O–H groups in total. The minimum atomic E-state index is -0.438. The Labute approximate surface area is 83.7 Å². The molecule has 12 heavy (non-hydrogen) atoms. The standard InChI is InChI=1S/C8H8INO2/c9-6-2-1-5(3-8(10)12)7(11)4-6/h1-2,4,11H,3H2,(H2,10,12). The normalized spacial score (nSPS) is 9.75. The van der Waals surface area contributed by atoms with E-state index < -0.39 is 5.91 Å². The third-order valence-electron chi connectivity index (χ3n) is 1.41. The number of rotatable bonds is 2. The number of amides is 1. The third-order valence-corrected chi connectivity index (χ3v) is 2.08. The number of hydrogen-bond donors (Lipinski definition) is 2. The molecule has 0 aliphatic heterocycles. The predicted molar refractivity (Wildman–Crippen MR) is 53.7 cm³/mol. The van der Waals surface area contributed by atoms with Gasteiger partial charge in [0.15, 0.2) is 0 Å². The molecule has 64 valence electrons. The lowest BCUT2D eigenvalue weighted by Gasteiger charge is -2.01. The van der Waals surface area contributed by atoms with Crippen molar-refractivity contribution in [3.63, 3.8) is 0 Å². The van der Waals surface area contributed by atoms with Crippen molar-refractivity contribution in [1.82, 2.24) is 0 Å². The van der Waals surface area contributed by atoms with Crippen LogP contribution in [0.4, 0.5) is 0 Å². The van der Waals surface area contributed by atoms with Gasteiger partial charge in [-0.05, 0) is 34.7 Å². The quantitative estimate of drug-likeness (QED) is 0.793. The Hall–Kier alpha value is -0.780. The van der Waals surface area contributed by atoms with E-state index in [1.165, 1.54) is 0 Å². The minimum absolute atomic E-state index is 0.0861. The van der Waals surface area contributed by atoms with Crippen molar-refractivity contribution in [3.8, 4) is 5.75 Å². The fourth-order valence-electron chi connectivity index (χ4n) is 0.874. The number of primary amides is 1. The van der Waals surface area contributed by atoms with Crippen molar-refractivity contribution >= 4 is 28.5 Å². The average molecular weight is 277 g/mol. The molecule has 1 aromatic carbocycles. The summed E-state index contributed by atoms with van der Waals surface area (Å²) in [6, 6.07) is 5.11. The fraction of sp³-hybridized carbons (Fsp3) is 0.125. The molecule has 0 aliphatic carbocycles. The van der Waals surface area contributed by atoms with E-state index in [-0.39, 0.29) is 12.2 Å². The van der Waals surface area contributed by atoms with Crippen LogP contribution in [0.3, 0.4) is 0 Å². The van der Waals surface area contributed by atoms with Gasteiger partial charge < -0.3 is 10.8 Å². The number of nitrogens with two attached hydrogens (primary N) is 1. The number of phenolic OH excluding ortho intramolecular Hbond substituents is 1. The molecule has 0 heterocycles. The molecule has 0 atom stereocenters. The maximum Gasteiger partial charge on any atom is 0.221 e. The van der Waals surface area contributed by atoms with Gasteiger partial charge in [0, 0.05) is 9.13 Å². The van der Waals surface area contributed by atoms with Gasteiger partial charge in [-0.1, -0.05) is 6.07 Å². The van der Waals surface area contributed by atoms with Gasteiger partial charge in [0.25, 0.3) is 0 Å². The van der Waals surface area contributed by atoms with Crippen LogP contribution in [0.15, 0.2) is 18.2 Å². The summed E-state index contributed by atoms with van der Waals surface area (Å²) in [5, 5.41) is 9.33. The number of halogens is 1. The van der Waals surface area contributed by atoms with E-state index in [4.69, 9.17) is 5.73 Å². The van der Waals surface area contributed by atoms with E-state index in [0.29, 0.717) is 5.56 Å². The largest absolute Gasteiger partial charge is 0.508 e. The van der Waals surface area contributed by atoms with E-state index in [2.05, 4.69) is 22.6 Å². The Balaban J connectivity index is 2.93. The molecule has 0 radical (unpaired) electrons. The highest BCUT2D eigenvalue weighted by Gasteiger charge is 2.03. The summed E-state index contributed by atoms with van der Waals surface area (Å²) in [5.74, 6) is -0.313. The molecule has 0 spiro atoms. The number of benzene rings is 1. The summed E-state index contributed by atoms with van der Waals surface area (Å²) in [7, 11) is 0. The third kappa shape index (κ3) is 2.37. The number of hydrogen-bond acceptors (Lipinski definition) is 2. The number of carbonyl (C=O) groups is 1. The van der Waals surface area contributed by atoms with Gasteiger partial charge in [0.05, 0.1) is 6.42 Å². The zero-order valence-corrected chi connectivity index (χ0v) is 8.41. The van der Waals surface area contributed by atoms with Crippen LogP contribution in [0.1, 0.15) is 5.56 Å². The second-order valence-corrected chi connectivity index (χ2v) is 3.66. The van der Waals surface area contributed by atoms with Gasteiger partial charge in [0.2, 0.25) is 5.91 Å². The summed E-state index contributed by atoms with van der Waals surface area (Å²) < 4.78 is 0.929. The Kier molecular flexibility index (Phi) is 2.91. The van der Waals surface area contributed by atoms with Crippen molar-refractivity contribution in [3.05, 3.63) is 27.3 Å². The molecule has 4 heteroatoms. The van der Waals surface area contributed by atoms with E-state index in [1.54, 1.807) is 12.1 Å². The topological polar surface area (TPSA) is 63.3 Å². The first-order valence-corrected chi connectivity index (χ1v) is 4.43. The first-order chi connectivity index (χ1) is 5.59. The molecule has 0 aromatic heterocycles. The molecule has 1 aromatic rings. The van der Waals surface area contributed by atoms with Crippen LogP contribution >= 0.6 is 22.6 Å². The highest BCUT2D eigenvalue weighted by Crippen LogP contribution is 2.19. The second kappa shape index (κ2) is 3.75. The lowest BCUT2D eigenvalue weighted by Crippen LogP contribution is -2.13. The van der Waals surface area contributed by atoms with Gasteiger partial charge in [-0.2, -0.15) is 0 Å². The van der Waals surface area contributed by atoms with E-state index in [1.807, 2.05) is 6.07 Å². The Morgan fingerprint density at radius 3 is 2.75 bits per heavy atom. The number of carbonyl (C=O) groups excluding carboxylic acids is 1. The zero-order valence-electron chi connectivity index (χ0n) is 6.25. The van der Waals surface area contributed by atoms with Crippen LogP contribution in [0, 0.1) is 3.57 Å². The van der Waals surface area contributed by atoms with Crippen LogP contribution in [0.2, 0.25) is 0 Å². The maximum absolute atomic E-state index is 10.5. The lowest BCUT2D eigenvalue weighted by atomic mass is 10.1. The minimum Gasteiger partial charge on any atom is -0.508 e. The SMILES string of the molecule is NC(=O)Cc1ccc(I)cc1O. The van der Waals surface area contributed by atoms with Gasteiger partial charge >= 0.3 is 0 Å².